The van der Waals surface area contributed by atoms with Crippen LogP contribution in [0.25, 0.3) is 11.2 Å². The Kier molecular flexibility index (Phi) is 6.83. The van der Waals surface area contributed by atoms with E-state index in [2.05, 4.69) is 73.9 Å². The number of fused-ring (bicyclic) bond motifs is 1. The summed E-state index contributed by atoms with van der Waals surface area (Å²) in [5.74, 6) is 0.198. The first-order chi connectivity index (χ1) is 14.1. The fourth-order valence-electron chi connectivity index (χ4n) is 3.51. The quantitative estimate of drug-likeness (QED) is 0.568. The van der Waals surface area contributed by atoms with E-state index < -0.39 is 31.2 Å². The summed E-state index contributed by atoms with van der Waals surface area (Å²) in [5.41, 5.74) is 7.14. The molecule has 1 saturated heterocycles. The monoisotopic (exact) mass is 483 g/mol. The highest BCUT2D eigenvalue weighted by atomic mass is 28.4. The zero-order valence-electron chi connectivity index (χ0n) is 20.2. The SMILES string of the molecule is C[Si](C)(C)OC[C@H]1O[C@@H](n2cnc3cnc(N)nc32)[C@H](O[Si](C)(C)C)[C@@H]1O[Si](C)(C)C. The molecular formula is C19H37N5O4Si3. The number of hydrogen-bond donors (Lipinski definition) is 1. The molecule has 0 spiro atoms. The van der Waals surface area contributed by atoms with Crippen LogP contribution in [-0.4, -0.2) is 69.4 Å². The van der Waals surface area contributed by atoms with E-state index in [0.29, 0.717) is 17.8 Å². The van der Waals surface area contributed by atoms with Gasteiger partial charge in [-0.2, -0.15) is 4.98 Å². The zero-order valence-corrected chi connectivity index (χ0v) is 23.2. The first-order valence-electron chi connectivity index (χ1n) is 10.7. The van der Waals surface area contributed by atoms with Crippen molar-refractivity contribution in [2.45, 2.75) is 83.5 Å². The average Bonchev–Trinajstić information content (AvgIpc) is 3.11. The van der Waals surface area contributed by atoms with Gasteiger partial charge in [0.15, 0.2) is 36.8 Å². The lowest BCUT2D eigenvalue weighted by Gasteiger charge is -2.34. The van der Waals surface area contributed by atoms with Crippen molar-refractivity contribution in [2.75, 3.05) is 12.3 Å². The van der Waals surface area contributed by atoms with Crippen LogP contribution in [0.5, 0.6) is 0 Å². The first-order valence-corrected chi connectivity index (χ1v) is 21.0. The molecule has 1 aliphatic heterocycles. The molecule has 0 amide bonds. The van der Waals surface area contributed by atoms with Gasteiger partial charge < -0.3 is 23.7 Å². The van der Waals surface area contributed by atoms with Gasteiger partial charge in [-0.1, -0.05) is 0 Å². The van der Waals surface area contributed by atoms with Crippen LogP contribution in [0.2, 0.25) is 58.9 Å². The molecule has 9 nitrogen and oxygen atoms in total. The average molecular weight is 484 g/mol. The molecule has 1 fully saturated rings. The summed E-state index contributed by atoms with van der Waals surface area (Å²) in [4.78, 5) is 12.9. The minimum absolute atomic E-state index is 0.198. The summed E-state index contributed by atoms with van der Waals surface area (Å²) in [5, 5.41) is 0. The van der Waals surface area contributed by atoms with Crippen molar-refractivity contribution in [3.63, 3.8) is 0 Å². The Morgan fingerprint density at radius 1 is 0.935 bits per heavy atom. The van der Waals surface area contributed by atoms with Gasteiger partial charge in [0.05, 0.1) is 19.1 Å². The van der Waals surface area contributed by atoms with E-state index in [1.54, 1.807) is 12.5 Å². The molecule has 2 aromatic rings. The second-order valence-corrected chi connectivity index (χ2v) is 24.4. The predicted octanol–water partition coefficient (Wildman–Crippen LogP) is 3.60. The van der Waals surface area contributed by atoms with Gasteiger partial charge in [0.25, 0.3) is 0 Å². The molecule has 3 rings (SSSR count). The number of nitrogens with zero attached hydrogens (tertiary/aromatic N) is 4. The summed E-state index contributed by atoms with van der Waals surface area (Å²) >= 11 is 0. The van der Waals surface area contributed by atoms with E-state index in [-0.39, 0.29) is 24.3 Å². The molecule has 0 bridgehead atoms. The van der Waals surface area contributed by atoms with Gasteiger partial charge in [-0.25, -0.2) is 9.97 Å². The van der Waals surface area contributed by atoms with Crippen LogP contribution in [0.3, 0.4) is 0 Å². The molecule has 0 saturated carbocycles. The maximum absolute atomic E-state index is 6.68. The molecule has 0 unspecified atom stereocenters. The van der Waals surface area contributed by atoms with Crippen LogP contribution in [-0.2, 0) is 18.0 Å². The maximum Gasteiger partial charge on any atom is 0.222 e. The molecule has 2 N–H and O–H groups in total. The summed E-state index contributed by atoms with van der Waals surface area (Å²) in [6, 6.07) is 0. The molecule has 2 aromatic heterocycles. The summed E-state index contributed by atoms with van der Waals surface area (Å²) in [7, 11) is -5.56. The van der Waals surface area contributed by atoms with Gasteiger partial charge in [-0.3, -0.25) is 4.57 Å². The van der Waals surface area contributed by atoms with Crippen LogP contribution in [0.15, 0.2) is 12.5 Å². The van der Waals surface area contributed by atoms with E-state index in [1.165, 1.54) is 0 Å². The third kappa shape index (κ3) is 6.43. The Labute approximate surface area is 188 Å². The number of ether oxygens (including phenoxy) is 1. The van der Waals surface area contributed by atoms with Crippen molar-refractivity contribution in [1.82, 2.24) is 19.5 Å². The normalized spacial score (nSPS) is 25.5. The topological polar surface area (TPSA) is 107 Å². The lowest BCUT2D eigenvalue weighted by Crippen LogP contribution is -2.48. The van der Waals surface area contributed by atoms with Crippen LogP contribution in [0.1, 0.15) is 6.23 Å². The summed E-state index contributed by atoms with van der Waals surface area (Å²) in [6.45, 7) is 20.1. The van der Waals surface area contributed by atoms with Crippen molar-refractivity contribution < 1.29 is 18.0 Å². The van der Waals surface area contributed by atoms with Crippen molar-refractivity contribution in [2.24, 2.45) is 0 Å². The molecular weight excluding hydrogens is 446 g/mol. The van der Waals surface area contributed by atoms with Crippen LogP contribution < -0.4 is 5.73 Å². The van der Waals surface area contributed by atoms with Crippen LogP contribution in [0, 0.1) is 0 Å². The Bertz CT molecular complexity index is 907. The number of anilines is 1. The van der Waals surface area contributed by atoms with E-state index in [9.17, 15) is 0 Å². The van der Waals surface area contributed by atoms with Crippen LogP contribution >= 0.6 is 0 Å². The molecule has 0 aliphatic carbocycles. The van der Waals surface area contributed by atoms with Crippen molar-refractivity contribution in [3.05, 3.63) is 12.5 Å². The second kappa shape index (κ2) is 8.65. The third-order valence-corrected chi connectivity index (χ3v) is 7.55. The Hall–Kier alpha value is -1.16. The lowest BCUT2D eigenvalue weighted by molar-refractivity contribution is -0.0456. The van der Waals surface area contributed by atoms with E-state index in [4.69, 9.17) is 23.7 Å². The summed E-state index contributed by atoms with van der Waals surface area (Å²) < 4.78 is 28.1. The van der Waals surface area contributed by atoms with Crippen molar-refractivity contribution >= 4 is 42.1 Å². The van der Waals surface area contributed by atoms with Gasteiger partial charge >= 0.3 is 0 Å². The molecule has 12 heteroatoms. The highest BCUT2D eigenvalue weighted by Crippen LogP contribution is 2.38. The Morgan fingerprint density at radius 3 is 2.13 bits per heavy atom. The number of nitrogens with two attached hydrogens (primary N) is 1. The van der Waals surface area contributed by atoms with Crippen LogP contribution in [0.4, 0.5) is 5.95 Å². The summed E-state index contributed by atoms with van der Waals surface area (Å²) in [6.07, 6.45) is 2.11. The highest BCUT2D eigenvalue weighted by Gasteiger charge is 2.50. The van der Waals surface area contributed by atoms with Gasteiger partial charge in [0.1, 0.15) is 23.8 Å². The highest BCUT2D eigenvalue weighted by molar-refractivity contribution is 6.70. The molecule has 1 aliphatic rings. The number of hydrogen-bond acceptors (Lipinski definition) is 8. The van der Waals surface area contributed by atoms with E-state index >= 15 is 0 Å². The molecule has 0 radical (unpaired) electrons. The minimum atomic E-state index is -1.93. The number of imidazole rings is 1. The fourth-order valence-corrected chi connectivity index (χ4v) is 6.34. The van der Waals surface area contributed by atoms with E-state index in [1.807, 2.05) is 4.57 Å². The number of nitrogen functional groups attached to an aromatic ring is 1. The molecule has 0 aromatic carbocycles. The lowest BCUT2D eigenvalue weighted by atomic mass is 10.1. The zero-order chi connectivity index (χ0) is 23.2. The maximum atomic E-state index is 6.68. The Morgan fingerprint density at radius 2 is 1.55 bits per heavy atom. The van der Waals surface area contributed by atoms with E-state index in [0.717, 1.165) is 0 Å². The minimum Gasteiger partial charge on any atom is -0.415 e. The smallest absolute Gasteiger partial charge is 0.222 e. The molecule has 174 valence electrons. The van der Waals surface area contributed by atoms with Crippen molar-refractivity contribution in [1.29, 1.82) is 0 Å². The molecule has 31 heavy (non-hydrogen) atoms. The first kappa shape index (κ1) is 24.5. The fraction of sp³-hybridized carbons (Fsp3) is 0.737. The van der Waals surface area contributed by atoms with Gasteiger partial charge in [-0.15, -0.1) is 0 Å². The van der Waals surface area contributed by atoms with Gasteiger partial charge in [-0.05, 0) is 58.9 Å². The number of aromatic nitrogens is 4. The standard InChI is InChI=1S/C19H37N5O4Si3/c1-29(2,3)25-11-14-15(27-30(4,5)6)16(28-31(7,8)9)18(26-14)24-12-22-13-10-21-19(20)23-17(13)24/h10,12,14-16,18H,11H2,1-9H3,(H2,20,21,23)/t14-,15-,16-,18-/m1/s1. The van der Waals surface area contributed by atoms with Crippen molar-refractivity contribution in [3.8, 4) is 0 Å². The molecule has 3 heterocycles. The largest absolute Gasteiger partial charge is 0.415 e. The van der Waals surface area contributed by atoms with Gasteiger partial charge in [0.2, 0.25) is 5.95 Å². The second-order valence-electron chi connectivity index (χ2n) is 11.0. The third-order valence-electron chi connectivity index (χ3n) is 4.55. The molecule has 4 atom stereocenters. The van der Waals surface area contributed by atoms with Gasteiger partial charge in [0, 0.05) is 0 Å². The number of rotatable bonds is 8. The Balaban J connectivity index is 2.03. The predicted molar refractivity (Wildman–Crippen MR) is 129 cm³/mol.